The van der Waals surface area contributed by atoms with Crippen LogP contribution in [0.3, 0.4) is 0 Å². The van der Waals surface area contributed by atoms with E-state index >= 15 is 0 Å². The third-order valence-electron chi connectivity index (χ3n) is 7.62. The van der Waals surface area contributed by atoms with Gasteiger partial charge in [-0.05, 0) is 74.1 Å². The number of aromatic nitrogens is 4. The molecule has 5 rings (SSSR count). The van der Waals surface area contributed by atoms with Crippen LogP contribution >= 0.6 is 0 Å². The summed E-state index contributed by atoms with van der Waals surface area (Å²) in [6.45, 7) is 9.64. The zero-order chi connectivity index (χ0) is 27.9. The molecule has 0 bridgehead atoms. The minimum Gasteiger partial charge on any atom is -0.493 e. The van der Waals surface area contributed by atoms with Gasteiger partial charge in [0.05, 0.1) is 19.1 Å². The van der Waals surface area contributed by atoms with Crippen LogP contribution in [-0.2, 0) is 10.0 Å². The molecular formula is C28H34N6O4S. The normalized spacial score (nSPS) is 15.0. The maximum atomic E-state index is 14.0. The number of fused-ring (bicyclic) bond motifs is 1. The number of benzene rings is 2. The first-order chi connectivity index (χ1) is 18.7. The number of aryl methyl sites for hydroxylation is 2. The second-order valence-electron chi connectivity index (χ2n) is 9.87. The Morgan fingerprint density at radius 2 is 1.56 bits per heavy atom. The smallest absolute Gasteiger partial charge is 0.254 e. The van der Waals surface area contributed by atoms with Crippen molar-refractivity contribution in [3.8, 4) is 22.6 Å². The van der Waals surface area contributed by atoms with Gasteiger partial charge in [-0.1, -0.05) is 12.1 Å². The number of anilines is 1. The third-order valence-corrected chi connectivity index (χ3v) is 9.80. The van der Waals surface area contributed by atoms with Crippen LogP contribution in [0.4, 0.5) is 5.82 Å². The van der Waals surface area contributed by atoms with Crippen LogP contribution in [0.1, 0.15) is 28.7 Å². The number of hydrogen-bond donors (Lipinski definition) is 0. The molecule has 4 aromatic rings. The lowest BCUT2D eigenvalue weighted by atomic mass is 10.0. The molecule has 1 saturated heterocycles. The first kappa shape index (κ1) is 26.9. The molecule has 0 atom stereocenters. The number of nitrogens with zero attached hydrogens (tertiary/aromatic N) is 6. The van der Waals surface area contributed by atoms with E-state index in [4.69, 9.17) is 9.47 Å². The van der Waals surface area contributed by atoms with E-state index in [1.807, 2.05) is 45.9 Å². The number of sulfonamides is 1. The zero-order valence-corrected chi connectivity index (χ0v) is 24.0. The van der Waals surface area contributed by atoms with Gasteiger partial charge in [0, 0.05) is 37.9 Å². The third kappa shape index (κ3) is 4.70. The van der Waals surface area contributed by atoms with Crippen molar-refractivity contribution in [1.82, 2.24) is 23.9 Å². The van der Waals surface area contributed by atoms with E-state index < -0.39 is 10.0 Å². The predicted octanol–water partition coefficient (Wildman–Crippen LogP) is 3.94. The Balaban J connectivity index is 1.53. The first-order valence-corrected chi connectivity index (χ1v) is 14.3. The Morgan fingerprint density at radius 1 is 0.846 bits per heavy atom. The van der Waals surface area contributed by atoms with Gasteiger partial charge in [0.1, 0.15) is 12.1 Å². The van der Waals surface area contributed by atoms with Gasteiger partial charge >= 0.3 is 0 Å². The highest BCUT2D eigenvalue weighted by molar-refractivity contribution is 7.89. The van der Waals surface area contributed by atoms with Gasteiger partial charge in [0.2, 0.25) is 10.0 Å². The van der Waals surface area contributed by atoms with E-state index in [-0.39, 0.29) is 0 Å². The molecule has 0 spiro atoms. The molecule has 1 fully saturated rings. The van der Waals surface area contributed by atoms with E-state index in [0.29, 0.717) is 54.8 Å². The van der Waals surface area contributed by atoms with Gasteiger partial charge in [0.25, 0.3) is 5.78 Å². The Labute approximate surface area is 229 Å². The molecule has 3 heterocycles. The fraction of sp³-hybridized carbons (Fsp3) is 0.393. The van der Waals surface area contributed by atoms with Crippen molar-refractivity contribution in [1.29, 1.82) is 0 Å². The van der Waals surface area contributed by atoms with Crippen molar-refractivity contribution in [3.05, 3.63) is 59.0 Å². The van der Waals surface area contributed by atoms with Gasteiger partial charge in [0.15, 0.2) is 11.5 Å². The predicted molar refractivity (Wildman–Crippen MR) is 150 cm³/mol. The van der Waals surface area contributed by atoms with Crippen LogP contribution < -0.4 is 14.4 Å². The molecule has 206 valence electrons. The van der Waals surface area contributed by atoms with Gasteiger partial charge in [-0.25, -0.2) is 13.4 Å². The number of ether oxygens (including phenoxy) is 2. The highest BCUT2D eigenvalue weighted by Crippen LogP contribution is 2.37. The molecular weight excluding hydrogens is 516 g/mol. The van der Waals surface area contributed by atoms with Gasteiger partial charge in [-0.3, -0.25) is 0 Å². The molecule has 2 aromatic heterocycles. The van der Waals surface area contributed by atoms with E-state index in [1.54, 1.807) is 29.2 Å². The second kappa shape index (κ2) is 10.5. The van der Waals surface area contributed by atoms with Crippen molar-refractivity contribution in [2.24, 2.45) is 0 Å². The molecule has 1 aliphatic heterocycles. The Bertz CT molecular complexity index is 1620. The lowest BCUT2D eigenvalue weighted by molar-refractivity contribution is 0.355. The second-order valence-corrected chi connectivity index (χ2v) is 11.7. The number of hydrogen-bond acceptors (Lipinski definition) is 8. The van der Waals surface area contributed by atoms with Crippen LogP contribution in [0.25, 0.3) is 16.9 Å². The molecule has 39 heavy (non-hydrogen) atoms. The molecule has 2 aromatic carbocycles. The van der Waals surface area contributed by atoms with E-state index in [1.165, 1.54) is 6.33 Å². The summed E-state index contributed by atoms with van der Waals surface area (Å²) < 4.78 is 42.2. The van der Waals surface area contributed by atoms with E-state index in [2.05, 4.69) is 26.0 Å². The molecule has 0 N–H and O–H groups in total. The average Bonchev–Trinajstić information content (AvgIpc) is 3.26. The summed E-state index contributed by atoms with van der Waals surface area (Å²) in [6, 6.07) is 7.76. The zero-order valence-electron chi connectivity index (χ0n) is 23.2. The average molecular weight is 551 g/mol. The largest absolute Gasteiger partial charge is 0.493 e. The summed E-state index contributed by atoms with van der Waals surface area (Å²) in [5.74, 6) is 2.52. The lowest BCUT2D eigenvalue weighted by Gasteiger charge is -2.26. The maximum absolute atomic E-state index is 14.0. The Morgan fingerprint density at radius 3 is 2.26 bits per heavy atom. The summed E-state index contributed by atoms with van der Waals surface area (Å²) in [7, 11) is -0.476. The molecule has 11 heteroatoms. The maximum Gasteiger partial charge on any atom is 0.254 e. The lowest BCUT2D eigenvalue weighted by Crippen LogP contribution is -2.36. The molecule has 0 radical (unpaired) electrons. The topological polar surface area (TPSA) is 102 Å². The van der Waals surface area contributed by atoms with Crippen molar-refractivity contribution >= 4 is 21.6 Å². The molecule has 0 unspecified atom stereocenters. The van der Waals surface area contributed by atoms with Crippen LogP contribution in [0.5, 0.6) is 11.5 Å². The van der Waals surface area contributed by atoms with Crippen molar-refractivity contribution in [2.75, 3.05) is 45.3 Å². The molecule has 10 nitrogen and oxygen atoms in total. The standard InChI is InChI=1S/C28H34N6O4S/c1-18-14-19(2)21(4)26(20(18)3)39(35,36)33-11-7-10-32(12-13-33)27-23(16-29-28-30-17-31-34(27)28)22-8-9-24(37-5)25(15-22)38-6/h8-9,14-17H,7,10-13H2,1-6H3. The quantitative estimate of drug-likeness (QED) is 0.356. The minimum atomic E-state index is -3.68. The van der Waals surface area contributed by atoms with Gasteiger partial charge in [-0.2, -0.15) is 18.9 Å². The Hall–Kier alpha value is -3.70. The fourth-order valence-electron chi connectivity index (χ4n) is 5.32. The summed E-state index contributed by atoms with van der Waals surface area (Å²) in [5, 5.41) is 4.46. The fourth-order valence-corrected chi connectivity index (χ4v) is 7.37. The van der Waals surface area contributed by atoms with Crippen LogP contribution in [0.15, 0.2) is 41.7 Å². The van der Waals surface area contributed by atoms with Crippen molar-refractivity contribution < 1.29 is 17.9 Å². The van der Waals surface area contributed by atoms with Gasteiger partial charge in [-0.15, -0.1) is 0 Å². The van der Waals surface area contributed by atoms with Crippen LogP contribution in [-0.4, -0.2) is 72.7 Å². The monoisotopic (exact) mass is 550 g/mol. The van der Waals surface area contributed by atoms with E-state index in [0.717, 1.165) is 39.2 Å². The minimum absolute atomic E-state index is 0.345. The Kier molecular flexibility index (Phi) is 7.21. The number of methoxy groups -OCH3 is 2. The van der Waals surface area contributed by atoms with Crippen molar-refractivity contribution in [3.63, 3.8) is 0 Å². The van der Waals surface area contributed by atoms with Crippen LogP contribution in [0.2, 0.25) is 0 Å². The summed E-state index contributed by atoms with van der Waals surface area (Å²) in [5.41, 5.74) is 5.31. The molecule has 1 aliphatic rings. The molecule has 0 amide bonds. The molecule has 0 aliphatic carbocycles. The first-order valence-electron chi connectivity index (χ1n) is 12.9. The van der Waals surface area contributed by atoms with Crippen molar-refractivity contribution in [2.45, 2.75) is 39.0 Å². The summed E-state index contributed by atoms with van der Waals surface area (Å²) >= 11 is 0. The molecule has 0 saturated carbocycles. The highest BCUT2D eigenvalue weighted by atomic mass is 32.2. The SMILES string of the molecule is COc1ccc(-c2cnc3ncnn3c2N2CCCN(S(=O)(=O)c3c(C)c(C)cc(C)c3C)CC2)cc1OC. The van der Waals surface area contributed by atoms with Gasteiger partial charge < -0.3 is 14.4 Å². The summed E-state index contributed by atoms with van der Waals surface area (Å²) in [4.78, 5) is 11.4. The summed E-state index contributed by atoms with van der Waals surface area (Å²) in [6.07, 6.45) is 3.92. The van der Waals surface area contributed by atoms with E-state index in [9.17, 15) is 8.42 Å². The number of rotatable bonds is 6. The van der Waals surface area contributed by atoms with Crippen LogP contribution in [0, 0.1) is 27.7 Å². The highest BCUT2D eigenvalue weighted by Gasteiger charge is 2.32.